The second-order valence-electron chi connectivity index (χ2n) is 26.6. The lowest BCUT2D eigenvalue weighted by atomic mass is 9.78. The molecular formula is C58H83IO18. The molecule has 14 aliphatic heterocycles. The van der Waals surface area contributed by atoms with E-state index in [0.29, 0.717) is 90.1 Å². The van der Waals surface area contributed by atoms with Crippen LogP contribution in [0.4, 0.5) is 0 Å². The van der Waals surface area contributed by atoms with Gasteiger partial charge in [-0.15, -0.1) is 0 Å². The molecule has 0 saturated carbocycles. The highest BCUT2D eigenvalue weighted by Crippen LogP contribution is 2.56. The predicted molar refractivity (Wildman–Crippen MR) is 278 cm³/mol. The van der Waals surface area contributed by atoms with E-state index in [1.165, 1.54) is 0 Å². The summed E-state index contributed by atoms with van der Waals surface area (Å²) < 4.78 is 102. The lowest BCUT2D eigenvalue weighted by Crippen LogP contribution is -2.62. The van der Waals surface area contributed by atoms with Crippen molar-refractivity contribution in [1.82, 2.24) is 0 Å². The molecular weight excluding hydrogens is 1110 g/mol. The van der Waals surface area contributed by atoms with E-state index in [1.807, 2.05) is 23.0 Å². The van der Waals surface area contributed by atoms with Crippen LogP contribution in [-0.4, -0.2) is 181 Å². The largest absolute Gasteiger partial charge is 0.459 e. The summed E-state index contributed by atoms with van der Waals surface area (Å²) >= 11 is 1.85. The number of aliphatic hydroxyl groups is 2. The molecule has 10 bridgehead atoms. The predicted octanol–water partition coefficient (Wildman–Crippen LogP) is 6.53. The maximum atomic E-state index is 14.5. The van der Waals surface area contributed by atoms with Gasteiger partial charge in [0.2, 0.25) is 0 Å². The molecule has 0 amide bonds. The van der Waals surface area contributed by atoms with Crippen LogP contribution in [0.5, 0.6) is 0 Å². The summed E-state index contributed by atoms with van der Waals surface area (Å²) in [5, 5.41) is 22.3. The molecule has 2 N–H and O–H groups in total. The van der Waals surface area contributed by atoms with Crippen LogP contribution in [0.2, 0.25) is 0 Å². The van der Waals surface area contributed by atoms with Crippen LogP contribution in [0.15, 0.2) is 24.3 Å². The zero-order chi connectivity index (χ0) is 52.9. The number of hydrogen-bond donors (Lipinski definition) is 2. The molecule has 14 saturated heterocycles. The van der Waals surface area contributed by atoms with Crippen LogP contribution in [-0.2, 0) is 74.2 Å². The first-order chi connectivity index (χ1) is 37.0. The maximum Gasteiger partial charge on any atom is 0.308 e. The van der Waals surface area contributed by atoms with Crippen molar-refractivity contribution in [3.63, 3.8) is 0 Å². The lowest BCUT2D eigenvalue weighted by molar-refractivity contribution is -0.371. The first-order valence-electron chi connectivity index (χ1n) is 29.8. The summed E-state index contributed by atoms with van der Waals surface area (Å²) in [5.74, 6) is -2.80. The fourth-order valence-corrected chi connectivity index (χ4v) is 17.7. The highest BCUT2D eigenvalue weighted by Gasteiger charge is 2.66. The Kier molecular flexibility index (Phi) is 14.5. The van der Waals surface area contributed by atoms with Crippen molar-refractivity contribution in [3.8, 4) is 0 Å². The van der Waals surface area contributed by atoms with E-state index in [9.17, 15) is 15.0 Å². The molecule has 0 aromatic heterocycles. The molecule has 0 aromatic carbocycles. The third-order valence-corrected chi connectivity index (χ3v) is 21.4. The number of halogens is 1. The van der Waals surface area contributed by atoms with Gasteiger partial charge in [0.1, 0.15) is 47.4 Å². The van der Waals surface area contributed by atoms with Crippen molar-refractivity contribution in [3.05, 3.63) is 24.3 Å². The van der Waals surface area contributed by atoms with Crippen LogP contribution in [0.3, 0.4) is 0 Å². The minimum Gasteiger partial charge on any atom is -0.459 e. The van der Waals surface area contributed by atoms with Crippen molar-refractivity contribution in [2.75, 3.05) is 6.61 Å². The Balaban J connectivity index is 0.691. The molecule has 2 unspecified atom stereocenters. The lowest BCUT2D eigenvalue weighted by Gasteiger charge is -2.54. The van der Waals surface area contributed by atoms with Crippen molar-refractivity contribution >= 4 is 29.0 Å². The first-order valence-corrected chi connectivity index (χ1v) is 30.7. The maximum absolute atomic E-state index is 14.5. The van der Waals surface area contributed by atoms with Crippen LogP contribution >= 0.6 is 23.0 Å². The minimum atomic E-state index is -0.990. The number of esters is 1. The Hall–Kier alpha value is -0.960. The van der Waals surface area contributed by atoms with Crippen LogP contribution in [0.1, 0.15) is 143 Å². The number of carbonyl (C=O) groups is 1. The SMILES string of the molecule is C=C1C[C@@H]2CC[C@]34C[C@@H](O)C(O3)[C@H]3CC(O4)[C@H]4O[C@H](CC[C@@H]4O3)CC(=O)O[C@@H]3[C@@H](C)[C@@H]4O[C@@H]5C[C@]6(C[C@@H]7O[C@]8(C[C@H](C)[C@@H]9O[C@H](COI)[C@H](O)C[C@@H]9O8)C[C@H](C)[C@@H]7O6)O[C@@H]5C[C@@H]4O[C@H]3C[C@H]3O[C@@H](CC[C@@H]1O2)C[C@@H](C)C3=C. The first kappa shape index (κ1) is 54.0. The highest BCUT2D eigenvalue weighted by atomic mass is 127. The van der Waals surface area contributed by atoms with E-state index in [-0.39, 0.29) is 134 Å². The molecule has 14 fully saturated rings. The van der Waals surface area contributed by atoms with E-state index in [0.717, 1.165) is 36.8 Å². The van der Waals surface area contributed by atoms with Gasteiger partial charge in [-0.2, -0.15) is 0 Å². The fourth-order valence-electron chi connectivity index (χ4n) is 17.4. The molecule has 0 radical (unpaired) electrons. The van der Waals surface area contributed by atoms with E-state index in [1.54, 1.807) is 0 Å². The van der Waals surface area contributed by atoms with Crippen molar-refractivity contribution in [2.24, 2.45) is 23.7 Å². The molecule has 14 heterocycles. The Labute approximate surface area is 466 Å². The topological polar surface area (TPSA) is 196 Å². The van der Waals surface area contributed by atoms with Crippen molar-refractivity contribution in [2.45, 2.75) is 301 Å². The number of aliphatic hydroxyl groups excluding tert-OH is 2. The van der Waals surface area contributed by atoms with Crippen molar-refractivity contribution < 1.29 is 84.4 Å². The Morgan fingerprint density at radius 2 is 1.18 bits per heavy atom. The summed E-state index contributed by atoms with van der Waals surface area (Å²) in [4.78, 5) is 14.5. The Morgan fingerprint density at radius 1 is 0.519 bits per heavy atom. The van der Waals surface area contributed by atoms with Crippen molar-refractivity contribution in [1.29, 1.82) is 0 Å². The molecule has 18 nitrogen and oxygen atoms in total. The molecule has 430 valence electrons. The number of carbonyl (C=O) groups excluding carboxylic acids is 1. The third kappa shape index (κ3) is 9.90. The van der Waals surface area contributed by atoms with Gasteiger partial charge in [-0.05, 0) is 73.8 Å². The molecule has 0 aliphatic carbocycles. The molecule has 14 rings (SSSR count). The van der Waals surface area contributed by atoms with E-state index < -0.39 is 60.1 Å². The number of ether oxygens (including phenoxy) is 14. The standard InChI is InChI=1S/C58H83IO18/c1-26-13-32-7-9-37-27(2)14-34(64-37)11-12-56-22-36(61)54(77-56)43-19-45(73-56)55-38(67-43)10-8-33(66-55)15-49(62)71-53-31(6)52-42(68-41(53)17-39(65-32)30(26)5)18-40-46(69-52)23-58(72-40)24-47-51(76-58)29(4)21-57(75-47)20-28(3)50-44(74-57)16-35(60)48(70-50)25-63-59/h26,28-29,31-48,50-55,60-61H,2,5,7-25H2,1,3-4,6H3/t26-,28+,29+,31+,32+,33-,34+,35-,36-,37+,38+,39-,40-,41+,42+,43-,44+,45?,46-,47+,48-,50+,51+,52+,53-,54?,55+,56-,57-,58+/m1/s1. The smallest absolute Gasteiger partial charge is 0.308 e. The fraction of sp³-hybridized carbons (Fsp3) is 0.914. The van der Waals surface area contributed by atoms with Gasteiger partial charge in [-0.25, -0.2) is 0 Å². The molecule has 3 spiro atoms. The summed E-state index contributed by atoms with van der Waals surface area (Å²) in [5.41, 5.74) is 2.12. The van der Waals surface area contributed by atoms with Gasteiger partial charge in [-0.3, -0.25) is 4.79 Å². The summed E-state index contributed by atoms with van der Waals surface area (Å²) in [6, 6.07) is 0. The summed E-state index contributed by atoms with van der Waals surface area (Å²) in [6.07, 6.45) is 3.06. The van der Waals surface area contributed by atoms with Gasteiger partial charge >= 0.3 is 5.97 Å². The van der Waals surface area contributed by atoms with Gasteiger partial charge < -0.3 is 79.6 Å². The van der Waals surface area contributed by atoms with Crippen LogP contribution in [0, 0.1) is 23.7 Å². The minimum absolute atomic E-state index is 0.0275. The zero-order valence-corrected chi connectivity index (χ0v) is 47.4. The van der Waals surface area contributed by atoms with E-state index >= 15 is 0 Å². The molecule has 30 atom stereocenters. The average molecular weight is 1200 g/mol. The van der Waals surface area contributed by atoms with Gasteiger partial charge in [0, 0.05) is 70.1 Å². The van der Waals surface area contributed by atoms with Gasteiger partial charge in [-0.1, -0.05) is 40.9 Å². The zero-order valence-electron chi connectivity index (χ0n) is 45.2. The second-order valence-corrected chi connectivity index (χ2v) is 27.2. The van der Waals surface area contributed by atoms with E-state index in [4.69, 9.17) is 69.4 Å². The van der Waals surface area contributed by atoms with Crippen LogP contribution < -0.4 is 0 Å². The van der Waals surface area contributed by atoms with E-state index in [2.05, 4.69) is 40.9 Å². The number of hydrogen-bond acceptors (Lipinski definition) is 18. The Bertz CT molecular complexity index is 2240. The number of fused-ring (bicyclic) bond motifs is 13. The molecule has 77 heavy (non-hydrogen) atoms. The molecule has 14 aliphatic rings. The van der Waals surface area contributed by atoms with Crippen LogP contribution in [0.25, 0.3) is 0 Å². The van der Waals surface area contributed by atoms with Gasteiger partial charge in [0.25, 0.3) is 0 Å². The molecule has 19 heteroatoms. The quantitative estimate of drug-likeness (QED) is 0.172. The normalized spacial score (nSPS) is 57.3. The summed E-state index contributed by atoms with van der Waals surface area (Å²) in [6.45, 7) is 18.2. The monoisotopic (exact) mass is 1190 g/mol. The Morgan fingerprint density at radius 3 is 2.03 bits per heavy atom. The highest BCUT2D eigenvalue weighted by molar-refractivity contribution is 14.1. The second kappa shape index (κ2) is 20.7. The number of rotatable bonds is 2. The van der Waals surface area contributed by atoms with Gasteiger partial charge in [0.05, 0.1) is 129 Å². The van der Waals surface area contributed by atoms with Gasteiger partial charge in [0.15, 0.2) is 17.4 Å². The third-order valence-electron chi connectivity index (χ3n) is 21.1. The summed E-state index contributed by atoms with van der Waals surface area (Å²) in [7, 11) is 0. The molecule has 0 aromatic rings. The average Bonchev–Trinajstić information content (AvgIpc) is 4.34.